The molecule has 0 spiro atoms. The van der Waals surface area contributed by atoms with Gasteiger partial charge in [-0.25, -0.2) is 8.42 Å². The fraction of sp³-hybridized carbons (Fsp3) is 0.389. The van der Waals surface area contributed by atoms with E-state index in [1.807, 2.05) is 44.6 Å². The van der Waals surface area contributed by atoms with E-state index in [1.165, 1.54) is 11.9 Å². The summed E-state index contributed by atoms with van der Waals surface area (Å²) in [5.74, 6) is 0.861. The molecular formula is C18H26BrIN4O2S. The van der Waals surface area contributed by atoms with E-state index in [1.54, 1.807) is 7.05 Å². The second-order valence-corrected chi connectivity index (χ2v) is 9.46. The molecule has 0 saturated carbocycles. The van der Waals surface area contributed by atoms with Gasteiger partial charge in [-0.2, -0.15) is 0 Å². The summed E-state index contributed by atoms with van der Waals surface area (Å²) in [6.45, 7) is 1.35. The molecule has 9 heteroatoms. The number of aromatic nitrogens is 1. The molecule has 1 N–H and O–H groups in total. The average molecular weight is 569 g/mol. The first kappa shape index (κ1) is 24.0. The van der Waals surface area contributed by atoms with E-state index >= 15 is 0 Å². The molecule has 0 radical (unpaired) electrons. The highest BCUT2D eigenvalue weighted by Gasteiger charge is 2.10. The minimum Gasteiger partial charge on any atom is -0.352 e. The molecule has 0 atom stereocenters. The predicted molar refractivity (Wildman–Crippen MR) is 125 cm³/mol. The van der Waals surface area contributed by atoms with E-state index in [2.05, 4.69) is 41.8 Å². The van der Waals surface area contributed by atoms with E-state index in [9.17, 15) is 8.42 Å². The number of nitrogens with one attached hydrogen (secondary N) is 1. The van der Waals surface area contributed by atoms with Gasteiger partial charge in [0, 0.05) is 50.3 Å². The van der Waals surface area contributed by atoms with Gasteiger partial charge in [0.1, 0.15) is 0 Å². The first-order valence-corrected chi connectivity index (χ1v) is 11.0. The summed E-state index contributed by atoms with van der Waals surface area (Å²) in [6.07, 6.45) is 3.27. The number of halogens is 2. The van der Waals surface area contributed by atoms with Crippen molar-refractivity contribution < 1.29 is 8.42 Å². The molecule has 0 aliphatic heterocycles. The van der Waals surface area contributed by atoms with Gasteiger partial charge in [0.25, 0.3) is 0 Å². The molecule has 1 aromatic carbocycles. The third-order valence-electron chi connectivity index (χ3n) is 3.95. The van der Waals surface area contributed by atoms with Crippen molar-refractivity contribution in [3.05, 3.63) is 57.8 Å². The molecular weight excluding hydrogens is 543 g/mol. The van der Waals surface area contributed by atoms with E-state index < -0.39 is 9.84 Å². The molecule has 6 nitrogen and oxygen atoms in total. The lowest BCUT2D eigenvalue weighted by atomic mass is 10.1. The van der Waals surface area contributed by atoms with Crippen LogP contribution in [0.2, 0.25) is 0 Å². The topological polar surface area (TPSA) is 66.7 Å². The summed E-state index contributed by atoms with van der Waals surface area (Å²) in [6, 6.07) is 9.67. The Morgan fingerprint density at radius 1 is 1.26 bits per heavy atom. The Balaban J connectivity index is 0.00000364. The molecule has 2 aromatic rings. The number of hydrogen-bond acceptors (Lipinski definition) is 3. The number of aryl methyl sites for hydroxylation is 1. The van der Waals surface area contributed by atoms with Gasteiger partial charge in [-0.1, -0.05) is 24.3 Å². The van der Waals surface area contributed by atoms with Crippen LogP contribution >= 0.6 is 39.9 Å². The van der Waals surface area contributed by atoms with Gasteiger partial charge in [0.05, 0.1) is 12.3 Å². The van der Waals surface area contributed by atoms with Gasteiger partial charge in [-0.3, -0.25) is 4.99 Å². The summed E-state index contributed by atoms with van der Waals surface area (Å²) in [7, 11) is 2.76. The molecule has 0 aliphatic rings. The van der Waals surface area contributed by atoms with Crippen LogP contribution in [0.25, 0.3) is 0 Å². The Bertz CT molecular complexity index is 879. The Kier molecular flexibility index (Phi) is 9.29. The lowest BCUT2D eigenvalue weighted by Crippen LogP contribution is -2.38. The number of benzene rings is 1. The van der Waals surface area contributed by atoms with E-state index in [-0.39, 0.29) is 29.7 Å². The molecule has 1 aromatic heterocycles. The molecule has 1 heterocycles. The Hall–Kier alpha value is -1.07. The van der Waals surface area contributed by atoms with Crippen LogP contribution in [0.3, 0.4) is 0 Å². The van der Waals surface area contributed by atoms with Crippen molar-refractivity contribution >= 4 is 55.7 Å². The number of rotatable bonds is 6. The van der Waals surface area contributed by atoms with Gasteiger partial charge in [-0.15, -0.1) is 24.0 Å². The van der Waals surface area contributed by atoms with Crippen LogP contribution in [0, 0.1) is 0 Å². The van der Waals surface area contributed by atoms with Crippen LogP contribution in [0.1, 0.15) is 16.8 Å². The van der Waals surface area contributed by atoms with Crippen LogP contribution in [-0.2, 0) is 35.7 Å². The highest BCUT2D eigenvalue weighted by atomic mass is 127. The molecule has 2 rings (SSSR count). The monoisotopic (exact) mass is 568 g/mol. The zero-order chi connectivity index (χ0) is 19.3. The summed E-state index contributed by atoms with van der Waals surface area (Å²) in [4.78, 5) is 6.39. The largest absolute Gasteiger partial charge is 0.352 e. The maximum Gasteiger partial charge on any atom is 0.194 e. The SMILES string of the molecule is CN=C(NCc1ccc(CS(C)(=O)=O)cc1)N(C)Cc1cc(Br)cn1C.I. The Morgan fingerprint density at radius 3 is 2.33 bits per heavy atom. The molecule has 27 heavy (non-hydrogen) atoms. The number of nitrogens with zero attached hydrogens (tertiary/aromatic N) is 3. The Labute approximate surface area is 187 Å². The molecule has 0 amide bonds. The maximum atomic E-state index is 11.4. The molecule has 0 saturated heterocycles. The third kappa shape index (κ3) is 7.82. The van der Waals surface area contributed by atoms with Gasteiger partial charge < -0.3 is 14.8 Å². The van der Waals surface area contributed by atoms with Crippen molar-refractivity contribution in [3.63, 3.8) is 0 Å². The standard InChI is InChI=1S/C18H25BrN4O2S.HI/c1-20-18(23(3)12-17-9-16(19)11-22(17)2)21-10-14-5-7-15(8-6-14)13-26(4,24)25;/h5-9,11H,10,12-13H2,1-4H3,(H,20,21);1H. The van der Waals surface area contributed by atoms with Crippen LogP contribution < -0.4 is 5.32 Å². The molecule has 0 unspecified atom stereocenters. The quantitative estimate of drug-likeness (QED) is 0.330. The minimum atomic E-state index is -3.01. The van der Waals surface area contributed by atoms with E-state index in [4.69, 9.17) is 0 Å². The van der Waals surface area contributed by atoms with Crippen molar-refractivity contribution in [2.75, 3.05) is 20.4 Å². The van der Waals surface area contributed by atoms with Crippen LogP contribution in [0.15, 0.2) is 46.0 Å². The van der Waals surface area contributed by atoms with Crippen LogP contribution in [0.4, 0.5) is 0 Å². The van der Waals surface area contributed by atoms with Crippen molar-refractivity contribution in [1.82, 2.24) is 14.8 Å². The van der Waals surface area contributed by atoms with Crippen molar-refractivity contribution in [3.8, 4) is 0 Å². The molecule has 150 valence electrons. The van der Waals surface area contributed by atoms with Crippen LogP contribution in [0.5, 0.6) is 0 Å². The predicted octanol–water partition coefficient (Wildman–Crippen LogP) is 3.16. The van der Waals surface area contributed by atoms with Crippen LogP contribution in [-0.4, -0.2) is 44.2 Å². The number of hydrogen-bond donors (Lipinski definition) is 1. The second-order valence-electron chi connectivity index (χ2n) is 6.40. The summed E-state index contributed by atoms with van der Waals surface area (Å²) in [5, 5.41) is 3.34. The minimum absolute atomic E-state index is 0. The zero-order valence-electron chi connectivity index (χ0n) is 15.9. The molecule has 0 bridgehead atoms. The number of aliphatic imine (C=N–C) groups is 1. The van der Waals surface area contributed by atoms with Gasteiger partial charge >= 0.3 is 0 Å². The first-order valence-electron chi connectivity index (χ1n) is 8.16. The van der Waals surface area contributed by atoms with Gasteiger partial charge in [0.2, 0.25) is 0 Å². The average Bonchev–Trinajstić information content (AvgIpc) is 2.85. The second kappa shape index (κ2) is 10.5. The first-order chi connectivity index (χ1) is 12.2. The fourth-order valence-corrected chi connectivity index (χ4v) is 4.03. The summed E-state index contributed by atoms with van der Waals surface area (Å²) >= 11 is 3.49. The molecule has 0 fully saturated rings. The highest BCUT2D eigenvalue weighted by molar-refractivity contribution is 14.0. The lowest BCUT2D eigenvalue weighted by molar-refractivity contribution is 0.461. The fourth-order valence-electron chi connectivity index (χ4n) is 2.66. The maximum absolute atomic E-state index is 11.4. The van der Waals surface area contributed by atoms with Crippen molar-refractivity contribution in [2.24, 2.45) is 12.0 Å². The molecule has 0 aliphatic carbocycles. The van der Waals surface area contributed by atoms with E-state index in [0.717, 1.165) is 28.1 Å². The van der Waals surface area contributed by atoms with Crippen molar-refractivity contribution in [2.45, 2.75) is 18.8 Å². The van der Waals surface area contributed by atoms with Gasteiger partial charge in [0.15, 0.2) is 15.8 Å². The third-order valence-corrected chi connectivity index (χ3v) is 5.24. The van der Waals surface area contributed by atoms with E-state index in [0.29, 0.717) is 6.54 Å². The number of guanidine groups is 1. The summed E-state index contributed by atoms with van der Waals surface area (Å²) < 4.78 is 25.8. The van der Waals surface area contributed by atoms with Gasteiger partial charge in [-0.05, 0) is 33.1 Å². The highest BCUT2D eigenvalue weighted by Crippen LogP contribution is 2.15. The normalized spacial score (nSPS) is 11.8. The summed E-state index contributed by atoms with van der Waals surface area (Å²) in [5.41, 5.74) is 3.04. The smallest absolute Gasteiger partial charge is 0.194 e. The number of sulfone groups is 1. The Morgan fingerprint density at radius 2 is 1.85 bits per heavy atom. The zero-order valence-corrected chi connectivity index (χ0v) is 20.7. The van der Waals surface area contributed by atoms with Crippen molar-refractivity contribution in [1.29, 1.82) is 0 Å². The lowest BCUT2D eigenvalue weighted by Gasteiger charge is -2.22.